The Morgan fingerprint density at radius 1 is 1.43 bits per heavy atom. The summed E-state index contributed by atoms with van der Waals surface area (Å²) in [6.45, 7) is 6.68. The largest absolute Gasteiger partial charge is 0.481 e. The predicted molar refractivity (Wildman–Crippen MR) is 90.1 cm³/mol. The summed E-state index contributed by atoms with van der Waals surface area (Å²) in [5, 5.41) is 10.1. The molecule has 0 aliphatic heterocycles. The zero-order valence-corrected chi connectivity index (χ0v) is 14.5. The van der Waals surface area contributed by atoms with Gasteiger partial charge in [0, 0.05) is 0 Å². The summed E-state index contributed by atoms with van der Waals surface area (Å²) in [5.74, 6) is 0.170. The molecule has 0 saturated heterocycles. The monoisotopic (exact) mass is 316 g/mol. The molecule has 1 saturated carbocycles. The maximum absolute atomic E-state index is 12.3. The first kappa shape index (κ1) is 16.4. The molecule has 0 radical (unpaired) electrons. The highest BCUT2D eigenvalue weighted by Gasteiger charge is 2.59. The highest BCUT2D eigenvalue weighted by molar-refractivity contribution is 5.79. The Bertz CT molecular complexity index is 600. The van der Waals surface area contributed by atoms with E-state index in [4.69, 9.17) is 4.42 Å². The van der Waals surface area contributed by atoms with E-state index < -0.39 is 11.4 Å². The smallest absolute Gasteiger partial charge is 0.314 e. The number of furan rings is 1. The van der Waals surface area contributed by atoms with Crippen LogP contribution in [0.1, 0.15) is 58.4 Å². The van der Waals surface area contributed by atoms with Crippen molar-refractivity contribution in [3.8, 4) is 0 Å². The lowest BCUT2D eigenvalue weighted by Crippen LogP contribution is -2.54. The Labute approximate surface area is 138 Å². The van der Waals surface area contributed by atoms with E-state index in [1.54, 1.807) is 6.26 Å². The van der Waals surface area contributed by atoms with Gasteiger partial charge in [-0.15, -0.1) is 0 Å². The van der Waals surface area contributed by atoms with E-state index in [1.807, 2.05) is 19.3 Å². The molecule has 1 N–H and O–H groups in total. The zero-order valence-electron chi connectivity index (χ0n) is 14.5. The lowest BCUT2D eigenvalue weighted by molar-refractivity contribution is -0.162. The van der Waals surface area contributed by atoms with Crippen LogP contribution in [-0.4, -0.2) is 11.1 Å². The van der Waals surface area contributed by atoms with Gasteiger partial charge in [0.2, 0.25) is 0 Å². The van der Waals surface area contributed by atoms with Crippen molar-refractivity contribution in [3.05, 3.63) is 35.8 Å². The molecule has 1 heterocycles. The normalized spacial score (nSPS) is 37.1. The Morgan fingerprint density at radius 2 is 2.22 bits per heavy atom. The molecule has 3 rings (SSSR count). The van der Waals surface area contributed by atoms with Gasteiger partial charge in [-0.3, -0.25) is 4.79 Å². The summed E-state index contributed by atoms with van der Waals surface area (Å²) >= 11 is 0. The second-order valence-corrected chi connectivity index (χ2v) is 7.87. The number of hydrogen-bond donors (Lipinski definition) is 1. The van der Waals surface area contributed by atoms with Gasteiger partial charge in [-0.25, -0.2) is 0 Å². The second kappa shape index (κ2) is 5.85. The van der Waals surface area contributed by atoms with Crippen LogP contribution in [0.4, 0.5) is 0 Å². The van der Waals surface area contributed by atoms with E-state index in [0.29, 0.717) is 5.92 Å². The number of rotatable bonds is 4. The van der Waals surface area contributed by atoms with Crippen LogP contribution >= 0.6 is 0 Å². The first-order valence-electron chi connectivity index (χ1n) is 8.83. The number of aliphatic carboxylic acids is 1. The van der Waals surface area contributed by atoms with Gasteiger partial charge >= 0.3 is 5.97 Å². The number of hydrogen-bond acceptors (Lipinski definition) is 2. The topological polar surface area (TPSA) is 50.4 Å². The molecule has 0 spiro atoms. The molecule has 4 atom stereocenters. The van der Waals surface area contributed by atoms with Crippen LogP contribution in [0.2, 0.25) is 0 Å². The first-order valence-corrected chi connectivity index (χ1v) is 8.83. The highest BCUT2D eigenvalue weighted by atomic mass is 16.4. The van der Waals surface area contributed by atoms with Crippen molar-refractivity contribution in [2.45, 2.75) is 59.3 Å². The Balaban J connectivity index is 1.94. The number of carbonyl (C=O) groups is 1. The molecule has 3 heteroatoms. The summed E-state index contributed by atoms with van der Waals surface area (Å²) in [4.78, 5) is 12.3. The van der Waals surface area contributed by atoms with E-state index in [-0.39, 0.29) is 11.3 Å². The van der Waals surface area contributed by atoms with Crippen molar-refractivity contribution in [2.75, 3.05) is 0 Å². The van der Waals surface area contributed by atoms with Crippen molar-refractivity contribution in [1.29, 1.82) is 0 Å². The van der Waals surface area contributed by atoms with Gasteiger partial charge < -0.3 is 9.52 Å². The predicted octanol–water partition coefficient (Wildman–Crippen LogP) is 5.08. The molecule has 0 amide bonds. The van der Waals surface area contributed by atoms with Crippen molar-refractivity contribution in [3.63, 3.8) is 0 Å². The molecule has 126 valence electrons. The molecule has 0 aromatic carbocycles. The van der Waals surface area contributed by atoms with Gasteiger partial charge in [-0.1, -0.05) is 25.5 Å². The average molecular weight is 316 g/mol. The maximum atomic E-state index is 12.3. The lowest BCUT2D eigenvalue weighted by Gasteiger charge is -2.57. The molecular formula is C20H28O3. The van der Waals surface area contributed by atoms with Crippen LogP contribution in [0.5, 0.6) is 0 Å². The van der Waals surface area contributed by atoms with E-state index in [2.05, 4.69) is 19.9 Å². The van der Waals surface area contributed by atoms with Gasteiger partial charge in [-0.2, -0.15) is 0 Å². The van der Waals surface area contributed by atoms with E-state index >= 15 is 0 Å². The van der Waals surface area contributed by atoms with Gasteiger partial charge in [0.15, 0.2) is 0 Å². The third-order valence-electron chi connectivity index (χ3n) is 7.01. The average Bonchev–Trinajstić information content (AvgIpc) is 3.03. The minimum absolute atomic E-state index is 0.0590. The molecular weight excluding hydrogens is 288 g/mol. The summed E-state index contributed by atoms with van der Waals surface area (Å²) in [7, 11) is 0. The molecule has 1 aromatic rings. The van der Waals surface area contributed by atoms with E-state index in [0.717, 1.165) is 44.1 Å². The number of carboxylic acid groups (broad SMARTS) is 1. The lowest BCUT2D eigenvalue weighted by atomic mass is 9.46. The molecule has 2 aliphatic carbocycles. The fraction of sp³-hybridized carbons (Fsp3) is 0.650. The number of fused-ring (bicyclic) bond motifs is 1. The van der Waals surface area contributed by atoms with Crippen LogP contribution in [0.3, 0.4) is 0 Å². The van der Waals surface area contributed by atoms with Gasteiger partial charge in [0.1, 0.15) is 0 Å². The van der Waals surface area contributed by atoms with Crippen molar-refractivity contribution < 1.29 is 14.3 Å². The summed E-state index contributed by atoms with van der Waals surface area (Å²) in [6.07, 6.45) is 11.5. The van der Waals surface area contributed by atoms with Crippen LogP contribution < -0.4 is 0 Å². The quantitative estimate of drug-likeness (QED) is 0.788. The third-order valence-corrected chi connectivity index (χ3v) is 7.01. The Hall–Kier alpha value is -1.51. The second-order valence-electron chi connectivity index (χ2n) is 7.87. The molecule has 1 fully saturated rings. The molecule has 0 bridgehead atoms. The maximum Gasteiger partial charge on any atom is 0.314 e. The molecule has 3 nitrogen and oxygen atoms in total. The number of allylic oxidation sites excluding steroid dienone is 1. The first-order chi connectivity index (χ1) is 10.9. The molecule has 1 aromatic heterocycles. The van der Waals surface area contributed by atoms with Crippen LogP contribution in [0.25, 0.3) is 0 Å². The summed E-state index contributed by atoms with van der Waals surface area (Å²) in [5.41, 5.74) is 1.72. The van der Waals surface area contributed by atoms with E-state index in [1.165, 1.54) is 5.56 Å². The fourth-order valence-corrected chi connectivity index (χ4v) is 5.25. The zero-order chi connectivity index (χ0) is 16.7. The number of aryl methyl sites for hydroxylation is 1. The SMILES string of the molecule is CC1=CCC[C@H]2[C@@]1(C(=O)O)CC[C@H](C)[C@]2(C)CCc1ccoc1. The van der Waals surface area contributed by atoms with Crippen LogP contribution in [0, 0.1) is 22.7 Å². The fourth-order valence-electron chi connectivity index (χ4n) is 5.25. The third kappa shape index (κ3) is 2.45. The van der Waals surface area contributed by atoms with Gasteiger partial charge in [0.05, 0.1) is 17.9 Å². The number of carboxylic acids is 1. The van der Waals surface area contributed by atoms with Gasteiger partial charge in [-0.05, 0) is 74.3 Å². The van der Waals surface area contributed by atoms with Gasteiger partial charge in [0.25, 0.3) is 0 Å². The minimum atomic E-state index is -0.643. The highest BCUT2D eigenvalue weighted by Crippen LogP contribution is 2.62. The standard InChI is InChI=1S/C20H28O3/c1-14-7-11-20(18(21)22)15(2)5-4-6-17(20)19(14,3)10-8-16-9-12-23-13-16/h5,9,12-14,17H,4,6-8,10-11H2,1-3H3,(H,21,22)/t14-,17+,19-,20+/m0/s1. The van der Waals surface area contributed by atoms with Crippen LogP contribution in [0.15, 0.2) is 34.7 Å². The summed E-state index contributed by atoms with van der Waals surface area (Å²) < 4.78 is 5.19. The van der Waals surface area contributed by atoms with Crippen molar-refractivity contribution in [2.24, 2.45) is 22.7 Å². The molecule has 0 unspecified atom stereocenters. The Kier molecular flexibility index (Phi) is 4.16. The summed E-state index contributed by atoms with van der Waals surface area (Å²) in [6, 6.07) is 2.02. The molecule has 2 aliphatic rings. The van der Waals surface area contributed by atoms with Crippen molar-refractivity contribution in [1.82, 2.24) is 0 Å². The van der Waals surface area contributed by atoms with E-state index in [9.17, 15) is 9.90 Å². The minimum Gasteiger partial charge on any atom is -0.481 e. The molecule has 23 heavy (non-hydrogen) atoms. The Morgan fingerprint density at radius 3 is 2.87 bits per heavy atom. The van der Waals surface area contributed by atoms with Crippen molar-refractivity contribution >= 4 is 5.97 Å². The van der Waals surface area contributed by atoms with Crippen LogP contribution in [-0.2, 0) is 11.2 Å².